The topological polar surface area (TPSA) is 178 Å². The fraction of sp³-hybridized carbons (Fsp3) is 0.485. The number of nitrogens with zero attached hydrogens (tertiary/aromatic N) is 5. The number of aromatic nitrogens is 2. The number of rotatable bonds is 17. The molecule has 9 rings (SSSR count). The number of cyclic esters (lactones) is 1. The van der Waals surface area contributed by atoms with Crippen molar-refractivity contribution in [3.63, 3.8) is 0 Å². The van der Waals surface area contributed by atoms with Gasteiger partial charge in [-0.25, -0.2) is 10.2 Å². The first-order valence-corrected chi connectivity index (χ1v) is 30.3. The van der Waals surface area contributed by atoms with Crippen LogP contribution in [-0.2, 0) is 64.1 Å². The monoisotopic (exact) mass is 1160 g/mol. The Kier molecular flexibility index (Phi) is 20.0. The van der Waals surface area contributed by atoms with Gasteiger partial charge in [-0.15, -0.1) is 0 Å². The second-order valence-electron chi connectivity index (χ2n) is 25.3. The van der Waals surface area contributed by atoms with E-state index in [1.165, 1.54) is 5.01 Å². The van der Waals surface area contributed by atoms with Gasteiger partial charge in [-0.1, -0.05) is 100 Å². The summed E-state index contributed by atoms with van der Waals surface area (Å²) >= 11 is 0. The Morgan fingerprint density at radius 2 is 1.61 bits per heavy atom. The summed E-state index contributed by atoms with van der Waals surface area (Å²) in [5.41, 5.74) is 13.0. The van der Waals surface area contributed by atoms with E-state index in [1.807, 2.05) is 93.7 Å². The molecule has 0 unspecified atom stereocenters. The Labute approximate surface area is 502 Å². The highest BCUT2D eigenvalue weighted by atomic mass is 16.6. The lowest BCUT2D eigenvalue weighted by Gasteiger charge is -2.36. The van der Waals surface area contributed by atoms with E-state index in [0.717, 1.165) is 98.8 Å². The summed E-state index contributed by atoms with van der Waals surface area (Å²) in [6.45, 7) is 23.0. The zero-order valence-electron chi connectivity index (χ0n) is 51.7. The SMILES string of the molecule is CCn1c(-c2cc(N3CCN(C)CC3)cnc2[C@H](C)OC)c2c3cc(ccc31)-c1cc(cc(N[C@H](COC[C@H](C(=O)OCc3ccccc3)C(C)C)c3ccccc3)c1)C[C@H](NC(=O)OC(C)(C)C)C(=O)N1CCC[C@H](N1)C(=O)OCC(C)(C)C2. The van der Waals surface area contributed by atoms with Gasteiger partial charge in [0.1, 0.15) is 24.3 Å². The number of likely N-dealkylation sites (N-methyl/N-ethyl adjacent to an activating group) is 1. The number of benzene rings is 4. The number of carbonyl (C=O) groups excluding carboxylic acids is 4. The van der Waals surface area contributed by atoms with Gasteiger partial charge in [0.15, 0.2) is 0 Å². The van der Waals surface area contributed by atoms with Gasteiger partial charge in [0.05, 0.1) is 61.2 Å². The van der Waals surface area contributed by atoms with Crippen LogP contribution in [0.1, 0.15) is 115 Å². The third-order valence-corrected chi connectivity index (χ3v) is 16.5. The Morgan fingerprint density at radius 1 is 0.882 bits per heavy atom. The van der Waals surface area contributed by atoms with E-state index in [9.17, 15) is 19.2 Å². The van der Waals surface area contributed by atoms with Crippen molar-refractivity contribution in [1.82, 2.24) is 30.2 Å². The van der Waals surface area contributed by atoms with Gasteiger partial charge in [-0.05, 0) is 131 Å². The Hall–Kier alpha value is -7.31. The van der Waals surface area contributed by atoms with Crippen LogP contribution in [0.3, 0.4) is 0 Å². The van der Waals surface area contributed by atoms with Crippen LogP contribution < -0.4 is 21.0 Å². The minimum atomic E-state index is -1.12. The highest BCUT2D eigenvalue weighted by molar-refractivity contribution is 5.96. The average molecular weight is 1160 g/mol. The maximum atomic E-state index is 15.0. The molecule has 0 spiro atoms. The Bertz CT molecular complexity index is 3280. The van der Waals surface area contributed by atoms with E-state index in [1.54, 1.807) is 27.9 Å². The summed E-state index contributed by atoms with van der Waals surface area (Å²) in [6, 6.07) is 32.5. The normalized spacial score (nSPS) is 19.0. The second kappa shape index (κ2) is 27.4. The molecule has 5 heterocycles. The van der Waals surface area contributed by atoms with Crippen LogP contribution >= 0.6 is 0 Å². The lowest BCUT2D eigenvalue weighted by molar-refractivity contribution is -0.155. The van der Waals surface area contributed by atoms with Crippen molar-refractivity contribution in [2.45, 2.75) is 131 Å². The average Bonchev–Trinajstić information content (AvgIpc) is 1.78. The molecule has 85 heavy (non-hydrogen) atoms. The third kappa shape index (κ3) is 15.6. The number of nitrogens with one attached hydrogen (secondary N) is 3. The van der Waals surface area contributed by atoms with Gasteiger partial charge in [0, 0.05) is 80.4 Å². The van der Waals surface area contributed by atoms with Crippen molar-refractivity contribution in [3.8, 4) is 22.4 Å². The molecule has 3 N–H and O–H groups in total. The number of pyridine rings is 1. The van der Waals surface area contributed by atoms with Crippen molar-refractivity contribution in [3.05, 3.63) is 137 Å². The number of esters is 2. The Morgan fingerprint density at radius 3 is 2.31 bits per heavy atom. The molecule has 2 fully saturated rings. The lowest BCUT2D eigenvalue weighted by Crippen LogP contribution is -2.60. The number of piperazine rings is 1. The molecule has 5 atom stereocenters. The molecule has 3 aliphatic rings. The fourth-order valence-electron chi connectivity index (χ4n) is 11.7. The molecule has 2 saturated heterocycles. The minimum absolute atomic E-state index is 0.0487. The number of fused-ring (bicyclic) bond motifs is 6. The molecule has 17 heteroatoms. The van der Waals surface area contributed by atoms with Crippen molar-refractivity contribution in [1.29, 1.82) is 0 Å². The molecule has 17 nitrogen and oxygen atoms in total. The zero-order chi connectivity index (χ0) is 60.6. The molecule has 4 aromatic carbocycles. The summed E-state index contributed by atoms with van der Waals surface area (Å²) in [5.74, 6) is -1.75. The van der Waals surface area contributed by atoms with Gasteiger partial charge in [0.25, 0.3) is 5.91 Å². The van der Waals surface area contributed by atoms with E-state index < -0.39 is 53.0 Å². The van der Waals surface area contributed by atoms with Gasteiger partial charge in [-0.2, -0.15) is 0 Å². The number of aryl methyl sites for hydroxylation is 1. The second-order valence-corrected chi connectivity index (χ2v) is 25.3. The first-order valence-electron chi connectivity index (χ1n) is 30.3. The first-order chi connectivity index (χ1) is 40.7. The van der Waals surface area contributed by atoms with Crippen molar-refractivity contribution in [2.24, 2.45) is 17.3 Å². The highest BCUT2D eigenvalue weighted by Crippen LogP contribution is 2.44. The summed E-state index contributed by atoms with van der Waals surface area (Å²) < 4.78 is 32.9. The maximum absolute atomic E-state index is 15.0. The predicted octanol–water partition coefficient (Wildman–Crippen LogP) is 11.1. The van der Waals surface area contributed by atoms with Gasteiger partial charge < -0.3 is 48.7 Å². The molecule has 2 aromatic heterocycles. The number of hydrazine groups is 1. The van der Waals surface area contributed by atoms with Crippen LogP contribution in [0.5, 0.6) is 0 Å². The van der Waals surface area contributed by atoms with Crippen LogP contribution in [0, 0.1) is 17.3 Å². The van der Waals surface area contributed by atoms with E-state index in [0.29, 0.717) is 32.4 Å². The molecule has 454 valence electrons. The summed E-state index contributed by atoms with van der Waals surface area (Å²) in [4.78, 5) is 66.6. The Balaban J connectivity index is 1.18. The number of amides is 2. The van der Waals surface area contributed by atoms with E-state index in [2.05, 4.69) is 94.6 Å². The van der Waals surface area contributed by atoms with Gasteiger partial charge in [-0.3, -0.25) is 24.4 Å². The maximum Gasteiger partial charge on any atom is 0.408 e. The van der Waals surface area contributed by atoms with E-state index in [-0.39, 0.29) is 50.8 Å². The number of methoxy groups -OCH3 is 1. The molecule has 3 aliphatic heterocycles. The quantitative estimate of drug-likeness (QED) is 0.0580. The van der Waals surface area contributed by atoms with Crippen LogP contribution in [0.2, 0.25) is 0 Å². The first kappa shape index (κ1) is 62.2. The third-order valence-electron chi connectivity index (χ3n) is 16.5. The lowest BCUT2D eigenvalue weighted by atomic mass is 9.84. The number of alkyl carbamates (subject to hydrolysis) is 1. The van der Waals surface area contributed by atoms with Crippen molar-refractivity contribution < 1.29 is 42.9 Å². The number of anilines is 2. The fourth-order valence-corrected chi connectivity index (χ4v) is 11.7. The van der Waals surface area contributed by atoms with Crippen molar-refractivity contribution in [2.75, 3.05) is 76.9 Å². The smallest absolute Gasteiger partial charge is 0.408 e. The van der Waals surface area contributed by atoms with Crippen molar-refractivity contribution >= 4 is 46.2 Å². The molecule has 6 aromatic rings. The van der Waals surface area contributed by atoms with E-state index in [4.69, 9.17) is 28.7 Å². The zero-order valence-corrected chi connectivity index (χ0v) is 51.7. The van der Waals surface area contributed by atoms with Crippen LogP contribution in [0.25, 0.3) is 33.3 Å². The van der Waals surface area contributed by atoms with Crippen LogP contribution in [0.15, 0.2) is 109 Å². The molecular weight excluding hydrogens is 1070 g/mol. The van der Waals surface area contributed by atoms with Crippen LogP contribution in [0.4, 0.5) is 16.2 Å². The van der Waals surface area contributed by atoms with Gasteiger partial charge in [0.2, 0.25) is 0 Å². The summed E-state index contributed by atoms with van der Waals surface area (Å²) in [7, 11) is 3.88. The summed E-state index contributed by atoms with van der Waals surface area (Å²) in [5, 5.41) is 9.24. The van der Waals surface area contributed by atoms with E-state index >= 15 is 0 Å². The molecule has 6 bridgehead atoms. The molecule has 2 amide bonds. The van der Waals surface area contributed by atoms with Gasteiger partial charge >= 0.3 is 18.0 Å². The standard InChI is InChI=1S/C68H88N8O9/c1-12-75-60-26-25-49-36-53(60)55(62(75)54-37-52(39-69-61(54)45(4)81-11)74-30-28-73(10)29-31-74)38-68(8,9)43-84-65(79)57-24-19-27-76(72-57)63(77)58(71-66(80)85-67(5,6)7)34-47-32-50(49)35-51(33-47)70-59(48-22-17-14-18-23-48)42-82-41-56(44(2)3)64(78)83-40-46-20-15-13-16-21-46/h13-18,20-23,25-26,32-33,35-37,39,44-45,56-59,70,72H,12,19,24,27-31,34,38,40-43H2,1-11H3,(H,71,80)/t45-,56-,57-,58-,59+/m0/s1. The number of hydrogen-bond acceptors (Lipinski definition) is 14. The molecule has 0 saturated carbocycles. The highest BCUT2D eigenvalue weighted by Gasteiger charge is 2.37. The predicted molar refractivity (Wildman–Crippen MR) is 333 cm³/mol. The minimum Gasteiger partial charge on any atom is -0.464 e. The number of ether oxygens (including phenoxy) is 5. The summed E-state index contributed by atoms with van der Waals surface area (Å²) in [6.07, 6.45) is 2.51. The number of carbonyl (C=O) groups is 4. The molecular formula is C68H88N8O9. The molecule has 0 aliphatic carbocycles. The molecule has 0 radical (unpaired) electrons. The van der Waals surface area contributed by atoms with Crippen LogP contribution in [-0.4, -0.2) is 128 Å². The number of hydrogen-bond donors (Lipinski definition) is 3. The largest absolute Gasteiger partial charge is 0.464 e.